The molecule has 0 fully saturated rings. The SMILES string of the molecule is CCOc1cc(NC(=NCc2ccccc2)NCc2nnc(C)n2C)ccc1OC.I. The van der Waals surface area contributed by atoms with E-state index in [-0.39, 0.29) is 24.0 Å². The molecule has 3 aromatic rings. The van der Waals surface area contributed by atoms with Crippen molar-refractivity contribution < 1.29 is 9.47 Å². The molecular weight excluding hydrogens is 507 g/mol. The molecule has 0 spiro atoms. The number of anilines is 1. The van der Waals surface area contributed by atoms with Gasteiger partial charge in [-0.1, -0.05) is 30.3 Å². The van der Waals surface area contributed by atoms with E-state index in [9.17, 15) is 0 Å². The summed E-state index contributed by atoms with van der Waals surface area (Å²) in [6.45, 7) is 5.45. The van der Waals surface area contributed by atoms with E-state index < -0.39 is 0 Å². The van der Waals surface area contributed by atoms with Crippen LogP contribution in [0.2, 0.25) is 0 Å². The van der Waals surface area contributed by atoms with Crippen LogP contribution in [0.25, 0.3) is 0 Å². The van der Waals surface area contributed by atoms with Crippen molar-refractivity contribution in [2.45, 2.75) is 26.9 Å². The Bertz CT molecular complexity index is 991. The summed E-state index contributed by atoms with van der Waals surface area (Å²) in [6, 6.07) is 15.8. The summed E-state index contributed by atoms with van der Waals surface area (Å²) in [6.07, 6.45) is 0. The van der Waals surface area contributed by atoms with E-state index in [1.54, 1.807) is 7.11 Å². The fraction of sp³-hybridized carbons (Fsp3) is 0.318. The van der Waals surface area contributed by atoms with Crippen molar-refractivity contribution in [1.82, 2.24) is 20.1 Å². The number of rotatable bonds is 8. The molecule has 31 heavy (non-hydrogen) atoms. The predicted molar refractivity (Wildman–Crippen MR) is 133 cm³/mol. The molecule has 166 valence electrons. The van der Waals surface area contributed by atoms with Crippen LogP contribution in [0.5, 0.6) is 11.5 Å². The summed E-state index contributed by atoms with van der Waals surface area (Å²) in [5.41, 5.74) is 1.96. The Kier molecular flexibility index (Phi) is 9.57. The second-order valence-corrected chi connectivity index (χ2v) is 6.65. The molecule has 2 aromatic carbocycles. The highest BCUT2D eigenvalue weighted by atomic mass is 127. The van der Waals surface area contributed by atoms with Gasteiger partial charge in [0, 0.05) is 18.8 Å². The largest absolute Gasteiger partial charge is 0.493 e. The highest BCUT2D eigenvalue weighted by molar-refractivity contribution is 14.0. The Morgan fingerprint density at radius 2 is 1.87 bits per heavy atom. The standard InChI is InChI=1S/C22H28N6O2.HI/c1-5-30-20-13-18(11-12-19(20)29-4)25-22(23-14-17-9-7-6-8-10-17)24-15-21-27-26-16(2)28(21)3;/h6-13H,5,14-15H2,1-4H3,(H2,23,24,25);1H. The molecule has 0 aliphatic carbocycles. The molecule has 0 aliphatic rings. The molecule has 0 atom stereocenters. The molecule has 0 radical (unpaired) electrons. The second-order valence-electron chi connectivity index (χ2n) is 6.65. The predicted octanol–water partition coefficient (Wildman–Crippen LogP) is 3.91. The quantitative estimate of drug-likeness (QED) is 0.258. The molecule has 1 aromatic heterocycles. The van der Waals surface area contributed by atoms with E-state index in [4.69, 9.17) is 14.5 Å². The van der Waals surface area contributed by atoms with Gasteiger partial charge < -0.3 is 24.7 Å². The van der Waals surface area contributed by atoms with Gasteiger partial charge in [0.25, 0.3) is 0 Å². The average molecular weight is 536 g/mol. The lowest BCUT2D eigenvalue weighted by Crippen LogP contribution is -2.31. The van der Waals surface area contributed by atoms with E-state index in [1.165, 1.54) is 0 Å². The fourth-order valence-corrected chi connectivity index (χ4v) is 2.82. The molecule has 0 saturated heterocycles. The van der Waals surface area contributed by atoms with Crippen molar-refractivity contribution in [1.29, 1.82) is 0 Å². The van der Waals surface area contributed by atoms with Gasteiger partial charge in [-0.3, -0.25) is 0 Å². The second kappa shape index (κ2) is 12.1. The van der Waals surface area contributed by atoms with Gasteiger partial charge in [-0.2, -0.15) is 0 Å². The zero-order valence-corrected chi connectivity index (χ0v) is 20.6. The maximum atomic E-state index is 5.68. The van der Waals surface area contributed by atoms with Crippen LogP contribution in [0.3, 0.4) is 0 Å². The van der Waals surface area contributed by atoms with E-state index >= 15 is 0 Å². The van der Waals surface area contributed by atoms with Crippen LogP contribution >= 0.6 is 24.0 Å². The third-order valence-corrected chi connectivity index (χ3v) is 4.59. The lowest BCUT2D eigenvalue weighted by atomic mass is 10.2. The number of aryl methyl sites for hydroxylation is 1. The summed E-state index contributed by atoms with van der Waals surface area (Å²) in [5.74, 6) is 3.68. The van der Waals surface area contributed by atoms with Gasteiger partial charge in [0.15, 0.2) is 23.3 Å². The molecule has 2 N–H and O–H groups in total. The third-order valence-electron chi connectivity index (χ3n) is 4.59. The lowest BCUT2D eigenvalue weighted by Gasteiger charge is -2.15. The molecule has 0 unspecified atom stereocenters. The zero-order valence-electron chi connectivity index (χ0n) is 18.3. The van der Waals surface area contributed by atoms with Crippen LogP contribution in [0.1, 0.15) is 24.1 Å². The number of benzene rings is 2. The first-order chi connectivity index (χ1) is 14.6. The van der Waals surface area contributed by atoms with Gasteiger partial charge in [0.1, 0.15) is 5.82 Å². The summed E-state index contributed by atoms with van der Waals surface area (Å²) in [7, 11) is 3.57. The Balaban J connectivity index is 0.00000341. The number of hydrogen-bond donors (Lipinski definition) is 2. The van der Waals surface area contributed by atoms with Gasteiger partial charge in [-0.15, -0.1) is 34.2 Å². The minimum absolute atomic E-state index is 0. The van der Waals surface area contributed by atoms with Gasteiger partial charge in [-0.05, 0) is 31.5 Å². The number of nitrogens with zero attached hydrogens (tertiary/aromatic N) is 4. The Morgan fingerprint density at radius 3 is 2.52 bits per heavy atom. The molecule has 0 amide bonds. The Labute approximate surface area is 200 Å². The number of aliphatic imine (C=N–C) groups is 1. The first kappa shape index (κ1) is 24.4. The smallest absolute Gasteiger partial charge is 0.196 e. The summed E-state index contributed by atoms with van der Waals surface area (Å²) >= 11 is 0. The summed E-state index contributed by atoms with van der Waals surface area (Å²) < 4.78 is 13.0. The van der Waals surface area contributed by atoms with Crippen molar-refractivity contribution in [3.63, 3.8) is 0 Å². The zero-order chi connectivity index (χ0) is 21.3. The summed E-state index contributed by atoms with van der Waals surface area (Å²) in [5, 5.41) is 15.0. The lowest BCUT2D eigenvalue weighted by molar-refractivity contribution is 0.311. The molecule has 0 aliphatic heterocycles. The minimum Gasteiger partial charge on any atom is -0.493 e. The molecule has 8 nitrogen and oxygen atoms in total. The Morgan fingerprint density at radius 1 is 1.10 bits per heavy atom. The van der Waals surface area contributed by atoms with Crippen LogP contribution in [0, 0.1) is 6.92 Å². The minimum atomic E-state index is 0. The maximum absolute atomic E-state index is 5.68. The Hall–Kier alpha value is -2.82. The van der Waals surface area contributed by atoms with E-state index in [1.807, 2.05) is 74.0 Å². The molecule has 1 heterocycles. The highest BCUT2D eigenvalue weighted by Crippen LogP contribution is 2.30. The molecular formula is C22H29IN6O2. The van der Waals surface area contributed by atoms with Crippen molar-refractivity contribution in [2.24, 2.45) is 12.0 Å². The van der Waals surface area contributed by atoms with Gasteiger partial charge in [0.05, 0.1) is 26.8 Å². The van der Waals surface area contributed by atoms with Crippen LogP contribution in [0.4, 0.5) is 5.69 Å². The van der Waals surface area contributed by atoms with Crippen molar-refractivity contribution in [3.05, 3.63) is 65.7 Å². The maximum Gasteiger partial charge on any atom is 0.196 e. The highest BCUT2D eigenvalue weighted by Gasteiger charge is 2.09. The first-order valence-corrected chi connectivity index (χ1v) is 9.85. The first-order valence-electron chi connectivity index (χ1n) is 9.85. The number of methoxy groups -OCH3 is 1. The van der Waals surface area contributed by atoms with Crippen molar-refractivity contribution in [2.75, 3.05) is 19.0 Å². The van der Waals surface area contributed by atoms with Crippen LogP contribution in [-0.2, 0) is 20.1 Å². The van der Waals surface area contributed by atoms with Gasteiger partial charge in [-0.25, -0.2) is 4.99 Å². The molecule has 9 heteroatoms. The summed E-state index contributed by atoms with van der Waals surface area (Å²) in [4.78, 5) is 4.72. The van der Waals surface area contributed by atoms with Gasteiger partial charge in [0.2, 0.25) is 0 Å². The number of guanidine groups is 1. The van der Waals surface area contributed by atoms with Crippen LogP contribution in [0.15, 0.2) is 53.5 Å². The number of hydrogen-bond acceptors (Lipinski definition) is 5. The van der Waals surface area contributed by atoms with Crippen molar-refractivity contribution >= 4 is 35.6 Å². The van der Waals surface area contributed by atoms with Crippen LogP contribution in [-0.4, -0.2) is 34.4 Å². The number of halogens is 1. The van der Waals surface area contributed by atoms with E-state index in [0.29, 0.717) is 37.2 Å². The monoisotopic (exact) mass is 536 g/mol. The molecule has 0 saturated carbocycles. The fourth-order valence-electron chi connectivity index (χ4n) is 2.82. The van der Waals surface area contributed by atoms with Crippen LogP contribution < -0.4 is 20.1 Å². The van der Waals surface area contributed by atoms with Gasteiger partial charge >= 0.3 is 0 Å². The average Bonchev–Trinajstić information content (AvgIpc) is 3.09. The number of nitrogens with one attached hydrogen (secondary N) is 2. The van der Waals surface area contributed by atoms with Crippen molar-refractivity contribution in [3.8, 4) is 11.5 Å². The third kappa shape index (κ3) is 6.84. The number of aromatic nitrogens is 3. The number of ether oxygens (including phenoxy) is 2. The molecule has 3 rings (SSSR count). The van der Waals surface area contributed by atoms with E-state index in [2.05, 4.69) is 20.8 Å². The molecule has 0 bridgehead atoms. The topological polar surface area (TPSA) is 85.6 Å². The normalized spacial score (nSPS) is 10.9. The van der Waals surface area contributed by atoms with E-state index in [0.717, 1.165) is 22.9 Å².